The van der Waals surface area contributed by atoms with Gasteiger partial charge in [-0.05, 0) is 22.0 Å². The molecule has 0 saturated carbocycles. The van der Waals surface area contributed by atoms with Gasteiger partial charge in [0.1, 0.15) is 11.5 Å². The summed E-state index contributed by atoms with van der Waals surface area (Å²) in [6.07, 6.45) is 0. The Morgan fingerprint density at radius 1 is 1.53 bits per heavy atom. The number of aromatic nitrogens is 2. The van der Waals surface area contributed by atoms with E-state index in [4.69, 9.17) is 10.5 Å². The Morgan fingerprint density at radius 2 is 2.27 bits per heavy atom. The molecule has 0 aromatic carbocycles. The van der Waals surface area contributed by atoms with E-state index in [-0.39, 0.29) is 0 Å². The zero-order valence-electron chi connectivity index (χ0n) is 8.32. The fourth-order valence-corrected chi connectivity index (χ4v) is 2.83. The Balaban J connectivity index is 2.45. The van der Waals surface area contributed by atoms with Crippen molar-refractivity contribution in [2.24, 2.45) is 7.05 Å². The van der Waals surface area contributed by atoms with Crippen molar-refractivity contribution < 1.29 is 4.74 Å². The lowest BCUT2D eigenvalue weighted by Crippen LogP contribution is -1.96. The van der Waals surface area contributed by atoms with Crippen molar-refractivity contribution in [1.29, 1.82) is 0 Å². The molecule has 80 valence electrons. The number of rotatable bonds is 2. The average molecular weight is 288 g/mol. The maximum atomic E-state index is 5.72. The Bertz CT molecular complexity index is 472. The third kappa shape index (κ3) is 1.87. The summed E-state index contributed by atoms with van der Waals surface area (Å²) < 4.78 is 7.78. The molecule has 0 unspecified atom stereocenters. The molecule has 2 heterocycles. The highest BCUT2D eigenvalue weighted by Crippen LogP contribution is 2.39. The van der Waals surface area contributed by atoms with Gasteiger partial charge in [-0.1, -0.05) is 11.3 Å². The number of methoxy groups -OCH3 is 1. The minimum atomic E-state index is 0.647. The molecule has 0 bridgehead atoms. The van der Waals surface area contributed by atoms with Gasteiger partial charge in [0.15, 0.2) is 5.06 Å². The number of nitrogen functional groups attached to an aromatic ring is 1. The summed E-state index contributed by atoms with van der Waals surface area (Å²) in [5, 5.41) is 5.14. The Morgan fingerprint density at radius 3 is 2.73 bits per heavy atom. The van der Waals surface area contributed by atoms with E-state index < -0.39 is 0 Å². The molecular weight excluding hydrogens is 278 g/mol. The van der Waals surface area contributed by atoms with Crippen molar-refractivity contribution in [3.05, 3.63) is 16.6 Å². The second-order valence-electron chi connectivity index (χ2n) is 3.03. The zero-order valence-corrected chi connectivity index (χ0v) is 10.7. The van der Waals surface area contributed by atoms with Gasteiger partial charge in [-0.25, -0.2) is 0 Å². The Hall–Kier alpha value is -1.01. The highest BCUT2D eigenvalue weighted by Gasteiger charge is 2.11. The molecule has 4 nitrogen and oxygen atoms in total. The number of hydrogen-bond donors (Lipinski definition) is 1. The standard InChI is InChI=1S/C9H10BrN3OS/c1-13-8(11)4-6(12-13)7-3-5(10)9(14-2)15-7/h3-4H,11H2,1-2H3. The number of nitrogens with zero attached hydrogens (tertiary/aromatic N) is 2. The molecule has 2 N–H and O–H groups in total. The van der Waals surface area contributed by atoms with Crippen molar-refractivity contribution in [2.75, 3.05) is 12.8 Å². The lowest BCUT2D eigenvalue weighted by molar-refractivity contribution is 0.425. The highest BCUT2D eigenvalue weighted by atomic mass is 79.9. The molecule has 2 rings (SSSR count). The number of aryl methyl sites for hydroxylation is 1. The SMILES string of the molecule is COc1sc(-c2cc(N)n(C)n2)cc1Br. The minimum absolute atomic E-state index is 0.647. The molecule has 2 aromatic heterocycles. The summed E-state index contributed by atoms with van der Waals surface area (Å²) in [6, 6.07) is 3.82. The van der Waals surface area contributed by atoms with Crippen LogP contribution in [0.25, 0.3) is 10.6 Å². The number of hydrogen-bond acceptors (Lipinski definition) is 4. The summed E-state index contributed by atoms with van der Waals surface area (Å²) in [4.78, 5) is 1.03. The van der Waals surface area contributed by atoms with E-state index >= 15 is 0 Å². The van der Waals surface area contributed by atoms with E-state index in [0.29, 0.717) is 5.82 Å². The van der Waals surface area contributed by atoms with Crippen LogP contribution in [0.5, 0.6) is 5.06 Å². The summed E-state index contributed by atoms with van der Waals surface area (Å²) in [5.74, 6) is 0.647. The monoisotopic (exact) mass is 287 g/mol. The molecule has 0 aliphatic carbocycles. The molecule has 0 atom stereocenters. The van der Waals surface area contributed by atoms with Gasteiger partial charge in [0.2, 0.25) is 0 Å². The van der Waals surface area contributed by atoms with E-state index in [9.17, 15) is 0 Å². The predicted octanol–water partition coefficient (Wildman–Crippen LogP) is 2.50. The van der Waals surface area contributed by atoms with E-state index in [1.54, 1.807) is 11.8 Å². The third-order valence-corrected chi connectivity index (χ3v) is 3.98. The molecule has 15 heavy (non-hydrogen) atoms. The molecule has 0 saturated heterocycles. The van der Waals surface area contributed by atoms with Gasteiger partial charge in [-0.3, -0.25) is 4.68 Å². The maximum Gasteiger partial charge on any atom is 0.188 e. The second-order valence-corrected chi connectivity index (χ2v) is 4.90. The summed E-state index contributed by atoms with van der Waals surface area (Å²) >= 11 is 4.95. The van der Waals surface area contributed by atoms with Crippen LogP contribution in [0.4, 0.5) is 5.82 Å². The first-order valence-electron chi connectivity index (χ1n) is 4.25. The van der Waals surface area contributed by atoms with Crippen LogP contribution in [0.3, 0.4) is 0 Å². The van der Waals surface area contributed by atoms with Crippen LogP contribution in [0.1, 0.15) is 0 Å². The minimum Gasteiger partial charge on any atom is -0.486 e. The molecule has 0 radical (unpaired) electrons. The second kappa shape index (κ2) is 3.86. The largest absolute Gasteiger partial charge is 0.486 e. The quantitative estimate of drug-likeness (QED) is 0.923. The van der Waals surface area contributed by atoms with Crippen molar-refractivity contribution in [2.45, 2.75) is 0 Å². The van der Waals surface area contributed by atoms with Crippen LogP contribution >= 0.6 is 27.3 Å². The van der Waals surface area contributed by atoms with Gasteiger partial charge in [-0.15, -0.1) is 0 Å². The van der Waals surface area contributed by atoms with Gasteiger partial charge < -0.3 is 10.5 Å². The maximum absolute atomic E-state index is 5.72. The zero-order chi connectivity index (χ0) is 11.0. The molecule has 2 aromatic rings. The van der Waals surface area contributed by atoms with E-state index in [2.05, 4.69) is 21.0 Å². The average Bonchev–Trinajstić information content (AvgIpc) is 2.71. The van der Waals surface area contributed by atoms with Gasteiger partial charge >= 0.3 is 0 Å². The molecule has 0 aliphatic heterocycles. The highest BCUT2D eigenvalue weighted by molar-refractivity contribution is 9.10. The van der Waals surface area contributed by atoms with Crippen LogP contribution in [0, 0.1) is 0 Å². The number of thiophene rings is 1. The fourth-order valence-electron chi connectivity index (χ4n) is 1.22. The first-order chi connectivity index (χ1) is 7.11. The molecule has 0 aliphatic rings. The first-order valence-corrected chi connectivity index (χ1v) is 5.86. The topological polar surface area (TPSA) is 53.1 Å². The van der Waals surface area contributed by atoms with E-state index in [1.807, 2.05) is 19.2 Å². The van der Waals surface area contributed by atoms with E-state index in [0.717, 1.165) is 20.1 Å². The van der Waals surface area contributed by atoms with Crippen molar-refractivity contribution in [3.8, 4) is 15.6 Å². The van der Waals surface area contributed by atoms with Crippen LogP contribution in [-0.2, 0) is 7.05 Å². The molecule has 0 fully saturated rings. The lowest BCUT2D eigenvalue weighted by atomic mass is 10.3. The summed E-state index contributed by atoms with van der Waals surface area (Å²) in [5.41, 5.74) is 6.58. The third-order valence-electron chi connectivity index (χ3n) is 2.01. The van der Waals surface area contributed by atoms with Crippen molar-refractivity contribution in [1.82, 2.24) is 9.78 Å². The van der Waals surface area contributed by atoms with Crippen LogP contribution < -0.4 is 10.5 Å². The molecule has 0 spiro atoms. The van der Waals surface area contributed by atoms with Gasteiger partial charge in [0.25, 0.3) is 0 Å². The first kappa shape index (κ1) is 10.5. The number of anilines is 1. The summed E-state index contributed by atoms with van der Waals surface area (Å²) in [7, 11) is 3.46. The number of ether oxygens (including phenoxy) is 1. The van der Waals surface area contributed by atoms with Crippen LogP contribution in [0.2, 0.25) is 0 Å². The van der Waals surface area contributed by atoms with Crippen molar-refractivity contribution >= 4 is 33.1 Å². The van der Waals surface area contributed by atoms with Crippen molar-refractivity contribution in [3.63, 3.8) is 0 Å². The Labute approximate surface area is 99.8 Å². The van der Waals surface area contributed by atoms with Crippen LogP contribution in [-0.4, -0.2) is 16.9 Å². The smallest absolute Gasteiger partial charge is 0.188 e. The molecular formula is C9H10BrN3OS. The molecule has 6 heteroatoms. The molecule has 0 amide bonds. The van der Waals surface area contributed by atoms with Gasteiger partial charge in [0, 0.05) is 13.1 Å². The summed E-state index contributed by atoms with van der Waals surface area (Å²) in [6.45, 7) is 0. The van der Waals surface area contributed by atoms with Crippen LogP contribution in [0.15, 0.2) is 16.6 Å². The van der Waals surface area contributed by atoms with Gasteiger partial charge in [-0.2, -0.15) is 5.10 Å². The number of halogens is 1. The fraction of sp³-hybridized carbons (Fsp3) is 0.222. The predicted molar refractivity (Wildman–Crippen MR) is 65.2 cm³/mol. The van der Waals surface area contributed by atoms with E-state index in [1.165, 1.54) is 11.3 Å². The normalized spacial score (nSPS) is 10.6. The lowest BCUT2D eigenvalue weighted by Gasteiger charge is -1.91. The van der Waals surface area contributed by atoms with Gasteiger partial charge in [0.05, 0.1) is 16.5 Å². The number of nitrogens with two attached hydrogens (primary N) is 1. The Kier molecular flexibility index (Phi) is 2.70.